The maximum Gasteiger partial charge on any atom is 0.328 e. The van der Waals surface area contributed by atoms with Gasteiger partial charge in [-0.25, -0.2) is 4.79 Å². The number of amides is 1. The molecule has 0 bridgehead atoms. The molecule has 1 aromatic carbocycles. The fourth-order valence-corrected chi connectivity index (χ4v) is 1.39. The molecule has 0 aromatic heterocycles. The predicted molar refractivity (Wildman–Crippen MR) is 64.5 cm³/mol. The van der Waals surface area contributed by atoms with Gasteiger partial charge in [0.1, 0.15) is 6.04 Å². The van der Waals surface area contributed by atoms with Crippen LogP contribution in [0, 0.1) is 6.92 Å². The molecule has 1 atom stereocenters. The first-order valence-electron chi connectivity index (χ1n) is 5.20. The van der Waals surface area contributed by atoms with E-state index in [4.69, 9.17) is 5.73 Å². The Morgan fingerprint density at radius 1 is 1.41 bits per heavy atom. The van der Waals surface area contributed by atoms with Gasteiger partial charge < -0.3 is 15.8 Å². The van der Waals surface area contributed by atoms with Crippen molar-refractivity contribution < 1.29 is 14.3 Å². The Morgan fingerprint density at radius 3 is 2.65 bits per heavy atom. The van der Waals surface area contributed by atoms with Crippen molar-refractivity contribution in [3.8, 4) is 0 Å². The molecular formula is C12H16N2O3. The Bertz CT molecular complexity index is 443. The second-order valence-electron chi connectivity index (χ2n) is 3.79. The average molecular weight is 236 g/mol. The lowest BCUT2D eigenvalue weighted by Crippen LogP contribution is -2.39. The molecule has 0 aliphatic heterocycles. The van der Waals surface area contributed by atoms with Crippen molar-refractivity contribution in [2.75, 3.05) is 12.8 Å². The van der Waals surface area contributed by atoms with Crippen molar-refractivity contribution in [1.82, 2.24) is 5.32 Å². The highest BCUT2D eigenvalue weighted by Gasteiger charge is 2.17. The van der Waals surface area contributed by atoms with Crippen LogP contribution in [0.5, 0.6) is 0 Å². The molecule has 5 heteroatoms. The summed E-state index contributed by atoms with van der Waals surface area (Å²) >= 11 is 0. The zero-order valence-corrected chi connectivity index (χ0v) is 10.1. The summed E-state index contributed by atoms with van der Waals surface area (Å²) in [5.41, 5.74) is 7.38. The zero-order valence-electron chi connectivity index (χ0n) is 10.1. The molecule has 17 heavy (non-hydrogen) atoms. The quantitative estimate of drug-likeness (QED) is 0.602. The SMILES string of the molecule is COC(=O)C(C)NC(=O)c1cc(N)ccc1C. The van der Waals surface area contributed by atoms with Crippen molar-refractivity contribution in [2.24, 2.45) is 0 Å². The summed E-state index contributed by atoms with van der Waals surface area (Å²) in [5, 5.41) is 2.55. The van der Waals surface area contributed by atoms with Crippen molar-refractivity contribution >= 4 is 17.6 Å². The molecule has 0 saturated heterocycles. The fraction of sp³-hybridized carbons (Fsp3) is 0.333. The lowest BCUT2D eigenvalue weighted by molar-refractivity contribution is -0.142. The number of hydrogen-bond donors (Lipinski definition) is 2. The molecule has 0 saturated carbocycles. The molecule has 1 rings (SSSR count). The van der Waals surface area contributed by atoms with Gasteiger partial charge in [-0.2, -0.15) is 0 Å². The normalized spacial score (nSPS) is 11.7. The summed E-state index contributed by atoms with van der Waals surface area (Å²) < 4.78 is 4.52. The van der Waals surface area contributed by atoms with Gasteiger partial charge in [-0.15, -0.1) is 0 Å². The number of ether oxygens (including phenoxy) is 1. The second kappa shape index (κ2) is 5.34. The van der Waals surface area contributed by atoms with Crippen LogP contribution in [0.2, 0.25) is 0 Å². The first kappa shape index (κ1) is 13.0. The molecule has 0 spiro atoms. The minimum Gasteiger partial charge on any atom is -0.467 e. The minimum atomic E-state index is -0.687. The van der Waals surface area contributed by atoms with E-state index >= 15 is 0 Å². The smallest absolute Gasteiger partial charge is 0.328 e. The fourth-order valence-electron chi connectivity index (χ4n) is 1.39. The van der Waals surface area contributed by atoms with Crippen molar-refractivity contribution in [3.05, 3.63) is 29.3 Å². The monoisotopic (exact) mass is 236 g/mol. The van der Waals surface area contributed by atoms with Gasteiger partial charge in [-0.3, -0.25) is 4.79 Å². The molecule has 0 aliphatic carbocycles. The molecular weight excluding hydrogens is 220 g/mol. The van der Waals surface area contributed by atoms with Crippen molar-refractivity contribution in [3.63, 3.8) is 0 Å². The van der Waals surface area contributed by atoms with E-state index in [0.29, 0.717) is 11.3 Å². The Morgan fingerprint density at radius 2 is 2.06 bits per heavy atom. The first-order valence-corrected chi connectivity index (χ1v) is 5.20. The van der Waals surface area contributed by atoms with E-state index in [0.717, 1.165) is 5.56 Å². The van der Waals surface area contributed by atoms with E-state index in [1.54, 1.807) is 32.0 Å². The standard InChI is InChI=1S/C12H16N2O3/c1-7-4-5-9(13)6-10(7)11(15)14-8(2)12(16)17-3/h4-6,8H,13H2,1-3H3,(H,14,15). The van der Waals surface area contributed by atoms with E-state index < -0.39 is 12.0 Å². The topological polar surface area (TPSA) is 81.4 Å². The highest BCUT2D eigenvalue weighted by Crippen LogP contribution is 2.12. The number of esters is 1. The van der Waals surface area contributed by atoms with Crippen LogP contribution in [-0.2, 0) is 9.53 Å². The summed E-state index contributed by atoms with van der Waals surface area (Å²) in [4.78, 5) is 23.0. The lowest BCUT2D eigenvalue weighted by atomic mass is 10.1. The minimum absolute atomic E-state index is 0.340. The van der Waals surface area contributed by atoms with Crippen LogP contribution < -0.4 is 11.1 Å². The van der Waals surface area contributed by atoms with Crippen LogP contribution in [0.15, 0.2) is 18.2 Å². The number of nitrogen functional groups attached to an aromatic ring is 1. The van der Waals surface area contributed by atoms with Gasteiger partial charge >= 0.3 is 5.97 Å². The third-order valence-corrected chi connectivity index (χ3v) is 2.41. The summed E-state index contributed by atoms with van der Waals surface area (Å²) in [7, 11) is 1.27. The van der Waals surface area contributed by atoms with Gasteiger partial charge in [-0.05, 0) is 31.5 Å². The number of methoxy groups -OCH3 is 1. The number of aryl methyl sites for hydroxylation is 1. The molecule has 3 N–H and O–H groups in total. The van der Waals surface area contributed by atoms with Crippen LogP contribution in [-0.4, -0.2) is 25.0 Å². The third-order valence-electron chi connectivity index (χ3n) is 2.41. The van der Waals surface area contributed by atoms with Gasteiger partial charge in [0.05, 0.1) is 7.11 Å². The van der Waals surface area contributed by atoms with Gasteiger partial charge in [0.2, 0.25) is 0 Å². The van der Waals surface area contributed by atoms with Gasteiger partial charge in [0.15, 0.2) is 0 Å². The largest absolute Gasteiger partial charge is 0.467 e. The molecule has 1 aromatic rings. The number of hydrogen-bond acceptors (Lipinski definition) is 4. The van der Waals surface area contributed by atoms with Crippen LogP contribution in [0.25, 0.3) is 0 Å². The number of nitrogens with two attached hydrogens (primary N) is 1. The zero-order chi connectivity index (χ0) is 13.0. The Kier molecular flexibility index (Phi) is 4.09. The van der Waals surface area contributed by atoms with Gasteiger partial charge in [-0.1, -0.05) is 6.07 Å². The molecule has 0 radical (unpaired) electrons. The van der Waals surface area contributed by atoms with E-state index in [1.807, 2.05) is 0 Å². The van der Waals surface area contributed by atoms with Crippen LogP contribution in [0.3, 0.4) is 0 Å². The van der Waals surface area contributed by atoms with Crippen LogP contribution >= 0.6 is 0 Å². The van der Waals surface area contributed by atoms with E-state index in [2.05, 4.69) is 10.1 Å². The molecule has 5 nitrogen and oxygen atoms in total. The van der Waals surface area contributed by atoms with Crippen LogP contribution in [0.4, 0.5) is 5.69 Å². The summed E-state index contributed by atoms with van der Waals surface area (Å²) in [5.74, 6) is -0.826. The molecule has 0 aliphatic rings. The maximum atomic E-state index is 11.9. The highest BCUT2D eigenvalue weighted by atomic mass is 16.5. The van der Waals surface area contributed by atoms with Crippen molar-refractivity contribution in [1.29, 1.82) is 0 Å². The average Bonchev–Trinajstić information content (AvgIpc) is 2.30. The molecule has 0 fully saturated rings. The summed E-state index contributed by atoms with van der Waals surface area (Å²) in [6.07, 6.45) is 0. The Labute approximate surface area is 99.9 Å². The van der Waals surface area contributed by atoms with Gasteiger partial charge in [0, 0.05) is 11.3 Å². The number of nitrogens with one attached hydrogen (secondary N) is 1. The van der Waals surface area contributed by atoms with E-state index in [1.165, 1.54) is 7.11 Å². The Balaban J connectivity index is 2.83. The Hall–Kier alpha value is -2.04. The maximum absolute atomic E-state index is 11.9. The number of benzene rings is 1. The number of rotatable bonds is 3. The number of anilines is 1. The first-order chi connectivity index (χ1) is 7.95. The molecule has 1 unspecified atom stereocenters. The summed E-state index contributed by atoms with van der Waals surface area (Å²) in [6, 6.07) is 4.37. The second-order valence-corrected chi connectivity index (χ2v) is 3.79. The van der Waals surface area contributed by atoms with Gasteiger partial charge in [0.25, 0.3) is 5.91 Å². The number of carbonyl (C=O) groups is 2. The van der Waals surface area contributed by atoms with E-state index in [9.17, 15) is 9.59 Å². The highest BCUT2D eigenvalue weighted by molar-refractivity contribution is 5.98. The predicted octanol–water partition coefficient (Wildman–Crippen LogP) is 0.869. The lowest BCUT2D eigenvalue weighted by Gasteiger charge is -2.13. The summed E-state index contributed by atoms with van der Waals surface area (Å²) in [6.45, 7) is 3.36. The molecule has 92 valence electrons. The van der Waals surface area contributed by atoms with E-state index in [-0.39, 0.29) is 5.91 Å². The third kappa shape index (κ3) is 3.21. The van der Waals surface area contributed by atoms with Crippen LogP contribution in [0.1, 0.15) is 22.8 Å². The van der Waals surface area contributed by atoms with Crippen molar-refractivity contribution in [2.45, 2.75) is 19.9 Å². The molecule has 0 heterocycles. The number of carbonyl (C=O) groups excluding carboxylic acids is 2. The molecule has 1 amide bonds.